The lowest BCUT2D eigenvalue weighted by molar-refractivity contribution is -0.135. The standard InChI is InChI=1S/C9H11N3O3/c1-2-3-12(5-9(14)15)7-4-8(13)11-6-10-7/h2,4,6H,1,3,5H2,(H,14,15)(H,10,11,13). The van der Waals surface area contributed by atoms with E-state index in [9.17, 15) is 9.59 Å². The summed E-state index contributed by atoms with van der Waals surface area (Å²) in [5.41, 5.74) is -0.320. The van der Waals surface area contributed by atoms with Crippen molar-refractivity contribution in [2.75, 3.05) is 18.0 Å². The van der Waals surface area contributed by atoms with Crippen LogP contribution in [0.5, 0.6) is 0 Å². The summed E-state index contributed by atoms with van der Waals surface area (Å²) in [7, 11) is 0. The first-order valence-electron chi connectivity index (χ1n) is 4.26. The molecule has 0 spiro atoms. The van der Waals surface area contributed by atoms with Gasteiger partial charge in [0.05, 0.1) is 6.33 Å². The molecule has 15 heavy (non-hydrogen) atoms. The van der Waals surface area contributed by atoms with Crippen LogP contribution >= 0.6 is 0 Å². The summed E-state index contributed by atoms with van der Waals surface area (Å²) in [6.45, 7) is 3.61. The van der Waals surface area contributed by atoms with Gasteiger partial charge >= 0.3 is 5.97 Å². The fraction of sp³-hybridized carbons (Fsp3) is 0.222. The molecule has 0 aromatic carbocycles. The molecule has 6 heteroatoms. The number of anilines is 1. The monoisotopic (exact) mass is 209 g/mol. The second kappa shape index (κ2) is 4.94. The van der Waals surface area contributed by atoms with Crippen molar-refractivity contribution >= 4 is 11.8 Å². The number of carboxylic acids is 1. The third kappa shape index (κ3) is 3.26. The lowest BCUT2D eigenvalue weighted by atomic mass is 10.4. The number of carbonyl (C=O) groups is 1. The highest BCUT2D eigenvalue weighted by Gasteiger charge is 2.10. The minimum atomic E-state index is -0.987. The number of nitrogens with one attached hydrogen (secondary N) is 1. The van der Waals surface area contributed by atoms with Crippen molar-refractivity contribution in [1.82, 2.24) is 9.97 Å². The molecule has 1 rings (SSSR count). The van der Waals surface area contributed by atoms with Crippen LogP contribution in [0.1, 0.15) is 0 Å². The van der Waals surface area contributed by atoms with Gasteiger partial charge in [-0.25, -0.2) is 4.98 Å². The highest BCUT2D eigenvalue weighted by atomic mass is 16.4. The average molecular weight is 209 g/mol. The van der Waals surface area contributed by atoms with Crippen LogP contribution in [0, 0.1) is 0 Å². The Morgan fingerprint density at radius 2 is 2.47 bits per heavy atom. The van der Waals surface area contributed by atoms with Crippen molar-refractivity contribution in [3.05, 3.63) is 35.4 Å². The Morgan fingerprint density at radius 3 is 3.00 bits per heavy atom. The molecule has 0 saturated heterocycles. The minimum Gasteiger partial charge on any atom is -0.480 e. The van der Waals surface area contributed by atoms with Gasteiger partial charge in [-0.1, -0.05) is 6.08 Å². The Labute approximate surface area is 85.9 Å². The van der Waals surface area contributed by atoms with Gasteiger partial charge in [0.15, 0.2) is 0 Å². The van der Waals surface area contributed by atoms with E-state index in [2.05, 4.69) is 16.5 Å². The van der Waals surface area contributed by atoms with Gasteiger partial charge in [0.2, 0.25) is 0 Å². The van der Waals surface area contributed by atoms with Crippen molar-refractivity contribution in [2.24, 2.45) is 0 Å². The zero-order valence-electron chi connectivity index (χ0n) is 8.01. The highest BCUT2D eigenvalue weighted by Crippen LogP contribution is 2.05. The Morgan fingerprint density at radius 1 is 1.73 bits per heavy atom. The zero-order valence-corrected chi connectivity index (χ0v) is 8.01. The van der Waals surface area contributed by atoms with E-state index in [1.807, 2.05) is 0 Å². The van der Waals surface area contributed by atoms with E-state index >= 15 is 0 Å². The van der Waals surface area contributed by atoms with Gasteiger partial charge in [-0.2, -0.15) is 0 Å². The summed E-state index contributed by atoms with van der Waals surface area (Å²) in [6.07, 6.45) is 2.78. The number of hydrogen-bond acceptors (Lipinski definition) is 4. The fourth-order valence-corrected chi connectivity index (χ4v) is 1.09. The molecule has 1 aromatic heterocycles. The first kappa shape index (κ1) is 11.0. The Hall–Kier alpha value is -2.11. The van der Waals surface area contributed by atoms with Crippen LogP contribution in [0.4, 0.5) is 5.82 Å². The molecule has 0 bridgehead atoms. The summed E-state index contributed by atoms with van der Waals surface area (Å²) >= 11 is 0. The fourth-order valence-electron chi connectivity index (χ4n) is 1.09. The van der Waals surface area contributed by atoms with Crippen LogP contribution in [0.3, 0.4) is 0 Å². The van der Waals surface area contributed by atoms with Crippen LogP contribution in [0.15, 0.2) is 29.8 Å². The predicted molar refractivity (Wildman–Crippen MR) is 54.9 cm³/mol. The van der Waals surface area contributed by atoms with Gasteiger partial charge in [-0.05, 0) is 0 Å². The van der Waals surface area contributed by atoms with E-state index in [4.69, 9.17) is 5.11 Å². The van der Waals surface area contributed by atoms with Gasteiger partial charge in [0.1, 0.15) is 12.4 Å². The van der Waals surface area contributed by atoms with Gasteiger partial charge < -0.3 is 15.0 Å². The van der Waals surface area contributed by atoms with Crippen molar-refractivity contribution in [3.8, 4) is 0 Å². The van der Waals surface area contributed by atoms with Crippen molar-refractivity contribution in [2.45, 2.75) is 0 Å². The molecular formula is C9H11N3O3. The van der Waals surface area contributed by atoms with E-state index < -0.39 is 5.97 Å². The van der Waals surface area contributed by atoms with E-state index in [-0.39, 0.29) is 12.1 Å². The maximum absolute atomic E-state index is 11.0. The van der Waals surface area contributed by atoms with Gasteiger partial charge in [0, 0.05) is 12.6 Å². The number of carboxylic acid groups (broad SMARTS) is 1. The summed E-state index contributed by atoms with van der Waals surface area (Å²) in [6, 6.07) is 1.24. The lowest BCUT2D eigenvalue weighted by Gasteiger charge is -2.18. The lowest BCUT2D eigenvalue weighted by Crippen LogP contribution is -2.31. The molecule has 0 amide bonds. The first-order valence-corrected chi connectivity index (χ1v) is 4.26. The van der Waals surface area contributed by atoms with E-state index in [1.54, 1.807) is 6.08 Å². The molecule has 0 aliphatic rings. The summed E-state index contributed by atoms with van der Waals surface area (Å²) in [5.74, 6) is -0.667. The second-order valence-electron chi connectivity index (χ2n) is 2.83. The van der Waals surface area contributed by atoms with Gasteiger partial charge in [-0.3, -0.25) is 9.59 Å². The quantitative estimate of drug-likeness (QED) is 0.658. The maximum Gasteiger partial charge on any atom is 0.323 e. The Kier molecular flexibility index (Phi) is 3.61. The molecule has 0 unspecified atom stereocenters. The minimum absolute atomic E-state index is 0.220. The molecule has 0 radical (unpaired) electrons. The normalized spacial score (nSPS) is 9.60. The van der Waals surface area contributed by atoms with Crippen LogP contribution in [0.2, 0.25) is 0 Å². The molecule has 1 aromatic rings. The topological polar surface area (TPSA) is 86.3 Å². The van der Waals surface area contributed by atoms with E-state index in [1.165, 1.54) is 17.3 Å². The predicted octanol–water partition coefficient (Wildman–Crippen LogP) is -0.153. The van der Waals surface area contributed by atoms with Crippen molar-refractivity contribution in [1.29, 1.82) is 0 Å². The Balaban J connectivity index is 2.92. The van der Waals surface area contributed by atoms with Crippen LogP contribution < -0.4 is 10.5 Å². The molecule has 0 saturated carbocycles. The van der Waals surface area contributed by atoms with Gasteiger partial charge in [0.25, 0.3) is 5.56 Å². The number of rotatable bonds is 5. The SMILES string of the molecule is C=CCN(CC(=O)O)c1cc(=O)[nH]cn1. The van der Waals surface area contributed by atoms with Crippen molar-refractivity contribution < 1.29 is 9.90 Å². The maximum atomic E-state index is 11.0. The van der Waals surface area contributed by atoms with Gasteiger partial charge in [-0.15, -0.1) is 6.58 Å². The average Bonchev–Trinajstić information content (AvgIpc) is 2.16. The van der Waals surface area contributed by atoms with Crippen LogP contribution in [0.25, 0.3) is 0 Å². The summed E-state index contributed by atoms with van der Waals surface area (Å²) in [4.78, 5) is 29.2. The van der Waals surface area contributed by atoms with Crippen LogP contribution in [-0.4, -0.2) is 34.1 Å². The van der Waals surface area contributed by atoms with Crippen LogP contribution in [-0.2, 0) is 4.79 Å². The number of nitrogens with zero attached hydrogens (tertiary/aromatic N) is 2. The van der Waals surface area contributed by atoms with Crippen molar-refractivity contribution in [3.63, 3.8) is 0 Å². The number of aromatic nitrogens is 2. The third-order valence-electron chi connectivity index (χ3n) is 1.66. The number of hydrogen-bond donors (Lipinski definition) is 2. The molecule has 6 nitrogen and oxygen atoms in total. The largest absolute Gasteiger partial charge is 0.480 e. The molecule has 0 atom stereocenters. The highest BCUT2D eigenvalue weighted by molar-refractivity contribution is 5.73. The third-order valence-corrected chi connectivity index (χ3v) is 1.66. The van der Waals surface area contributed by atoms with E-state index in [0.717, 1.165) is 0 Å². The first-order chi connectivity index (χ1) is 7.13. The summed E-state index contributed by atoms with van der Waals surface area (Å²) < 4.78 is 0. The second-order valence-corrected chi connectivity index (χ2v) is 2.83. The molecular weight excluding hydrogens is 198 g/mol. The Bertz CT molecular complexity index is 413. The molecule has 80 valence electrons. The number of H-pyrrole nitrogens is 1. The molecule has 2 N–H and O–H groups in total. The number of aliphatic carboxylic acids is 1. The van der Waals surface area contributed by atoms with E-state index in [0.29, 0.717) is 12.4 Å². The molecule has 0 aliphatic carbocycles. The summed E-state index contributed by atoms with van der Waals surface area (Å²) in [5, 5.41) is 8.65. The molecule has 0 fully saturated rings. The zero-order chi connectivity index (χ0) is 11.3. The molecule has 0 aliphatic heterocycles. The smallest absolute Gasteiger partial charge is 0.323 e. The number of aromatic amines is 1. The molecule has 1 heterocycles.